The van der Waals surface area contributed by atoms with Crippen LogP contribution in [0.1, 0.15) is 26.2 Å². The van der Waals surface area contributed by atoms with Crippen molar-refractivity contribution in [3.05, 3.63) is 35.5 Å². The fourth-order valence-corrected chi connectivity index (χ4v) is 2.83. The van der Waals surface area contributed by atoms with Gasteiger partial charge in [0.15, 0.2) is 0 Å². The molecule has 0 spiro atoms. The number of aromatic nitrogens is 1. The van der Waals surface area contributed by atoms with E-state index in [1.807, 2.05) is 24.3 Å². The molecule has 0 unspecified atom stereocenters. The van der Waals surface area contributed by atoms with Crippen LogP contribution in [0.3, 0.4) is 0 Å². The van der Waals surface area contributed by atoms with E-state index in [9.17, 15) is 0 Å². The summed E-state index contributed by atoms with van der Waals surface area (Å²) in [5, 5.41) is 14.4. The van der Waals surface area contributed by atoms with Crippen molar-refractivity contribution < 1.29 is 5.11 Å². The molecule has 0 atom stereocenters. The average Bonchev–Trinajstić information content (AvgIpc) is 2.56. The van der Waals surface area contributed by atoms with Crippen molar-refractivity contribution in [3.8, 4) is 0 Å². The van der Waals surface area contributed by atoms with Gasteiger partial charge in [0.05, 0.1) is 12.1 Å². The molecule has 0 saturated carbocycles. The number of nitrogens with zero attached hydrogens (tertiary/aromatic N) is 2. The van der Waals surface area contributed by atoms with Crippen LogP contribution < -0.4 is 5.32 Å². The second-order valence-corrected chi connectivity index (χ2v) is 6.16. The molecule has 0 fully saturated rings. The molecule has 4 nitrogen and oxygen atoms in total. The summed E-state index contributed by atoms with van der Waals surface area (Å²) >= 11 is 6.02. The summed E-state index contributed by atoms with van der Waals surface area (Å²) < 4.78 is 0. The van der Waals surface area contributed by atoms with E-state index in [0.717, 1.165) is 49.2 Å². The predicted octanol–water partition coefficient (Wildman–Crippen LogP) is 3.78. The molecule has 1 aromatic heterocycles. The maximum absolute atomic E-state index is 9.14. The summed E-state index contributed by atoms with van der Waals surface area (Å²) in [4.78, 5) is 6.69. The summed E-state index contributed by atoms with van der Waals surface area (Å²) in [6.07, 6.45) is 5.22. The number of hydrogen-bond donors (Lipinski definition) is 2. The minimum atomic E-state index is 0.229. The van der Waals surface area contributed by atoms with E-state index in [1.54, 1.807) is 6.20 Å². The summed E-state index contributed by atoms with van der Waals surface area (Å²) in [6, 6.07) is 7.78. The molecule has 23 heavy (non-hydrogen) atoms. The van der Waals surface area contributed by atoms with Gasteiger partial charge in [0.1, 0.15) is 0 Å². The zero-order valence-electron chi connectivity index (χ0n) is 13.8. The minimum absolute atomic E-state index is 0.229. The third-order valence-electron chi connectivity index (χ3n) is 3.92. The van der Waals surface area contributed by atoms with Crippen LogP contribution in [0.2, 0.25) is 5.02 Å². The Morgan fingerprint density at radius 1 is 1.17 bits per heavy atom. The predicted molar refractivity (Wildman–Crippen MR) is 98.3 cm³/mol. The molecular formula is C18H26ClN3O. The van der Waals surface area contributed by atoms with Crippen LogP contribution in [-0.2, 0) is 0 Å². The molecule has 2 N–H and O–H groups in total. The topological polar surface area (TPSA) is 48.4 Å². The molecule has 0 bridgehead atoms. The van der Waals surface area contributed by atoms with Gasteiger partial charge in [-0.3, -0.25) is 4.98 Å². The quantitative estimate of drug-likeness (QED) is 0.649. The van der Waals surface area contributed by atoms with Gasteiger partial charge in [0, 0.05) is 35.4 Å². The Labute approximate surface area is 143 Å². The zero-order chi connectivity index (χ0) is 16.5. The Morgan fingerprint density at radius 3 is 2.78 bits per heavy atom. The van der Waals surface area contributed by atoms with Gasteiger partial charge in [-0.2, -0.15) is 0 Å². The SMILES string of the molecule is CCCCN(CCO)CCCNc1ccnc2cc(Cl)ccc12. The van der Waals surface area contributed by atoms with E-state index < -0.39 is 0 Å². The molecule has 2 aromatic rings. The van der Waals surface area contributed by atoms with Gasteiger partial charge in [-0.05, 0) is 50.2 Å². The largest absolute Gasteiger partial charge is 0.395 e. The van der Waals surface area contributed by atoms with Crippen molar-refractivity contribution in [1.29, 1.82) is 0 Å². The number of rotatable bonds is 10. The van der Waals surface area contributed by atoms with Crippen LogP contribution in [-0.4, -0.2) is 47.8 Å². The van der Waals surface area contributed by atoms with Crippen LogP contribution in [0.4, 0.5) is 5.69 Å². The van der Waals surface area contributed by atoms with E-state index in [-0.39, 0.29) is 6.61 Å². The normalized spacial score (nSPS) is 11.3. The second kappa shape index (κ2) is 9.71. The highest BCUT2D eigenvalue weighted by atomic mass is 35.5. The smallest absolute Gasteiger partial charge is 0.0737 e. The summed E-state index contributed by atoms with van der Waals surface area (Å²) in [7, 11) is 0. The number of aliphatic hydroxyl groups is 1. The van der Waals surface area contributed by atoms with Crippen LogP contribution in [0.15, 0.2) is 30.5 Å². The summed E-state index contributed by atoms with van der Waals surface area (Å²) in [6.45, 7) is 6.15. The molecule has 1 heterocycles. The first-order valence-corrected chi connectivity index (χ1v) is 8.73. The molecule has 5 heteroatoms. The van der Waals surface area contributed by atoms with Crippen molar-refractivity contribution in [2.45, 2.75) is 26.2 Å². The zero-order valence-corrected chi connectivity index (χ0v) is 14.5. The van der Waals surface area contributed by atoms with Gasteiger partial charge >= 0.3 is 0 Å². The van der Waals surface area contributed by atoms with Crippen molar-refractivity contribution in [3.63, 3.8) is 0 Å². The number of nitrogens with one attached hydrogen (secondary N) is 1. The van der Waals surface area contributed by atoms with Crippen LogP contribution in [0.5, 0.6) is 0 Å². The highest BCUT2D eigenvalue weighted by molar-refractivity contribution is 6.31. The standard InChI is InChI=1S/C18H26ClN3O/c1-2-3-10-22(12-13-23)11-4-8-20-17-7-9-21-18-14-15(19)5-6-16(17)18/h5-7,9,14,23H,2-4,8,10-13H2,1H3,(H,20,21). The van der Waals surface area contributed by atoms with Gasteiger partial charge in [0.2, 0.25) is 0 Å². The van der Waals surface area contributed by atoms with E-state index >= 15 is 0 Å². The number of aliphatic hydroxyl groups excluding tert-OH is 1. The Kier molecular flexibility index (Phi) is 7.59. The van der Waals surface area contributed by atoms with Gasteiger partial charge < -0.3 is 15.3 Å². The van der Waals surface area contributed by atoms with E-state index in [4.69, 9.17) is 16.7 Å². The van der Waals surface area contributed by atoms with Crippen molar-refractivity contribution in [2.75, 3.05) is 38.1 Å². The lowest BCUT2D eigenvalue weighted by molar-refractivity contribution is 0.193. The first-order valence-electron chi connectivity index (χ1n) is 8.36. The highest BCUT2D eigenvalue weighted by Crippen LogP contribution is 2.24. The number of anilines is 1. The average molecular weight is 336 g/mol. The van der Waals surface area contributed by atoms with E-state index in [2.05, 4.69) is 22.1 Å². The Morgan fingerprint density at radius 2 is 2.00 bits per heavy atom. The lowest BCUT2D eigenvalue weighted by Gasteiger charge is -2.21. The molecule has 2 rings (SSSR count). The fraction of sp³-hybridized carbons (Fsp3) is 0.500. The first kappa shape index (κ1) is 18.0. The summed E-state index contributed by atoms with van der Waals surface area (Å²) in [5.74, 6) is 0. The Balaban J connectivity index is 1.86. The summed E-state index contributed by atoms with van der Waals surface area (Å²) in [5.41, 5.74) is 2.00. The third kappa shape index (κ3) is 5.65. The van der Waals surface area contributed by atoms with Crippen LogP contribution in [0, 0.1) is 0 Å². The Bertz CT molecular complexity index is 606. The lowest BCUT2D eigenvalue weighted by Crippen LogP contribution is -2.30. The van der Waals surface area contributed by atoms with E-state index in [0.29, 0.717) is 5.02 Å². The van der Waals surface area contributed by atoms with Crippen molar-refractivity contribution >= 4 is 28.2 Å². The highest BCUT2D eigenvalue weighted by Gasteiger charge is 2.05. The van der Waals surface area contributed by atoms with Crippen LogP contribution in [0.25, 0.3) is 10.9 Å². The van der Waals surface area contributed by atoms with Crippen molar-refractivity contribution in [2.24, 2.45) is 0 Å². The number of unbranched alkanes of at least 4 members (excludes halogenated alkanes) is 1. The number of halogens is 1. The molecule has 0 radical (unpaired) electrons. The molecule has 0 saturated heterocycles. The van der Waals surface area contributed by atoms with Crippen molar-refractivity contribution in [1.82, 2.24) is 9.88 Å². The maximum atomic E-state index is 9.14. The molecule has 0 aliphatic rings. The molecule has 0 amide bonds. The maximum Gasteiger partial charge on any atom is 0.0737 e. The van der Waals surface area contributed by atoms with Crippen LogP contribution >= 0.6 is 11.6 Å². The Hall–Kier alpha value is -1.36. The van der Waals surface area contributed by atoms with Gasteiger partial charge in [0.25, 0.3) is 0 Å². The minimum Gasteiger partial charge on any atom is -0.395 e. The van der Waals surface area contributed by atoms with Gasteiger partial charge in [-0.1, -0.05) is 24.9 Å². The third-order valence-corrected chi connectivity index (χ3v) is 4.15. The van der Waals surface area contributed by atoms with Gasteiger partial charge in [-0.15, -0.1) is 0 Å². The molecule has 1 aromatic carbocycles. The number of pyridine rings is 1. The monoisotopic (exact) mass is 335 g/mol. The molecule has 126 valence electrons. The molecule has 0 aliphatic carbocycles. The fourth-order valence-electron chi connectivity index (χ4n) is 2.66. The van der Waals surface area contributed by atoms with Gasteiger partial charge in [-0.25, -0.2) is 0 Å². The first-order chi connectivity index (χ1) is 11.2. The number of hydrogen-bond acceptors (Lipinski definition) is 4. The lowest BCUT2D eigenvalue weighted by atomic mass is 10.2. The second-order valence-electron chi connectivity index (χ2n) is 5.72. The molecular weight excluding hydrogens is 310 g/mol. The number of fused-ring (bicyclic) bond motifs is 1. The number of benzene rings is 1. The van der Waals surface area contributed by atoms with E-state index in [1.165, 1.54) is 12.8 Å². The molecule has 0 aliphatic heterocycles.